The van der Waals surface area contributed by atoms with Gasteiger partial charge in [0, 0.05) is 24.4 Å². The second kappa shape index (κ2) is 9.14. The minimum absolute atomic E-state index is 0.0455. The molecule has 0 aliphatic rings. The van der Waals surface area contributed by atoms with Gasteiger partial charge in [0.05, 0.1) is 17.2 Å². The Hall–Kier alpha value is -3.20. The highest BCUT2D eigenvalue weighted by atomic mass is 32.1. The molecule has 9 heteroatoms. The molecular weight excluding hydrogens is 376 g/mol. The van der Waals surface area contributed by atoms with Crippen molar-refractivity contribution in [1.82, 2.24) is 4.98 Å². The lowest BCUT2D eigenvalue weighted by molar-refractivity contribution is -0.694. The van der Waals surface area contributed by atoms with Crippen LogP contribution in [0.2, 0.25) is 0 Å². The van der Waals surface area contributed by atoms with E-state index < -0.39 is 4.92 Å². The zero-order valence-corrected chi connectivity index (χ0v) is 16.5. The third-order valence-corrected chi connectivity index (χ3v) is 5.07. The molecule has 0 bridgehead atoms. The molecule has 28 heavy (non-hydrogen) atoms. The predicted molar refractivity (Wildman–Crippen MR) is 109 cm³/mol. The molecule has 0 radical (unpaired) electrons. The van der Waals surface area contributed by atoms with Crippen LogP contribution in [0.3, 0.4) is 0 Å². The number of anilines is 1. The van der Waals surface area contributed by atoms with E-state index in [1.54, 1.807) is 0 Å². The van der Waals surface area contributed by atoms with Gasteiger partial charge in [-0.15, -0.1) is 10.2 Å². The van der Waals surface area contributed by atoms with Gasteiger partial charge in [0.1, 0.15) is 6.20 Å². The van der Waals surface area contributed by atoms with Crippen LogP contribution >= 0.6 is 11.3 Å². The second-order valence-corrected chi connectivity index (χ2v) is 7.09. The van der Waals surface area contributed by atoms with Gasteiger partial charge >= 0.3 is 5.00 Å². The first-order chi connectivity index (χ1) is 13.6. The molecule has 0 N–H and O–H groups in total. The van der Waals surface area contributed by atoms with Crippen molar-refractivity contribution < 1.29 is 9.49 Å². The molecule has 144 valence electrons. The number of nitro groups is 1. The third kappa shape index (κ3) is 4.95. The first-order valence-electron chi connectivity index (χ1n) is 8.88. The quantitative estimate of drug-likeness (QED) is 0.241. The monoisotopic (exact) mass is 397 g/mol. The van der Waals surface area contributed by atoms with Gasteiger partial charge in [0.2, 0.25) is 5.13 Å². The predicted octanol–water partition coefficient (Wildman–Crippen LogP) is 4.59. The average molecular weight is 397 g/mol. The summed E-state index contributed by atoms with van der Waals surface area (Å²) >= 11 is 0.901. The maximum absolute atomic E-state index is 10.7. The average Bonchev–Trinajstić information content (AvgIpc) is 3.18. The first-order valence-corrected chi connectivity index (χ1v) is 9.70. The van der Waals surface area contributed by atoms with Crippen LogP contribution in [0.15, 0.2) is 65.2 Å². The number of nitrogens with zero attached hydrogens (tertiary/aromatic N) is 6. The van der Waals surface area contributed by atoms with Gasteiger partial charge in [-0.25, -0.2) is 9.55 Å². The van der Waals surface area contributed by atoms with E-state index in [0.29, 0.717) is 0 Å². The lowest BCUT2D eigenvalue weighted by Gasteiger charge is -2.22. The fourth-order valence-corrected chi connectivity index (χ4v) is 3.28. The summed E-state index contributed by atoms with van der Waals surface area (Å²) in [7, 11) is 0. The maximum atomic E-state index is 10.7. The van der Waals surface area contributed by atoms with Crippen molar-refractivity contribution in [1.29, 1.82) is 0 Å². The van der Waals surface area contributed by atoms with Crippen molar-refractivity contribution in [2.45, 2.75) is 20.4 Å². The Bertz CT molecular complexity index is 974. The molecule has 0 fully saturated rings. The summed E-state index contributed by atoms with van der Waals surface area (Å²) in [5.74, 6) is 0. The van der Waals surface area contributed by atoms with Crippen molar-refractivity contribution >= 4 is 32.8 Å². The molecule has 2 aromatic heterocycles. The fourth-order valence-electron chi connectivity index (χ4n) is 2.72. The van der Waals surface area contributed by atoms with Crippen LogP contribution in [0, 0.1) is 17.0 Å². The van der Waals surface area contributed by atoms with Crippen molar-refractivity contribution in [2.24, 2.45) is 10.2 Å². The topological polar surface area (TPSA) is 87.9 Å². The molecule has 0 spiro atoms. The highest BCUT2D eigenvalue weighted by molar-refractivity contribution is 7.18. The summed E-state index contributed by atoms with van der Waals surface area (Å²) in [6.45, 7) is 6.80. The van der Waals surface area contributed by atoms with E-state index in [4.69, 9.17) is 0 Å². The van der Waals surface area contributed by atoms with E-state index in [9.17, 15) is 10.1 Å². The molecule has 0 saturated heterocycles. The molecule has 0 atom stereocenters. The smallest absolute Gasteiger partial charge is 0.345 e. The Morgan fingerprint density at radius 1 is 1.25 bits per heavy atom. The lowest BCUT2D eigenvalue weighted by Crippen LogP contribution is -2.40. The van der Waals surface area contributed by atoms with Crippen molar-refractivity contribution in [3.05, 3.63) is 70.7 Å². The van der Waals surface area contributed by atoms with Crippen molar-refractivity contribution in [3.8, 4) is 0 Å². The number of likely N-dealkylation sites (N-methyl/N-ethyl adjacent to an activating group) is 1. The van der Waals surface area contributed by atoms with Gasteiger partial charge in [-0.1, -0.05) is 6.07 Å². The SMILES string of the molecule is CCN(CC[n+]1ccccc1)c1ccc(/N=N/c2ncc([N+](=O)[O-])s2)c(C)c1. The number of pyridine rings is 1. The largest absolute Gasteiger partial charge is 0.365 e. The Kier molecular flexibility index (Phi) is 6.38. The van der Waals surface area contributed by atoms with Gasteiger partial charge in [0.15, 0.2) is 18.9 Å². The molecule has 2 heterocycles. The number of aromatic nitrogens is 2. The molecule has 1 aromatic carbocycles. The van der Waals surface area contributed by atoms with E-state index in [2.05, 4.69) is 50.1 Å². The van der Waals surface area contributed by atoms with Gasteiger partial charge in [-0.2, -0.15) is 0 Å². The Balaban J connectivity index is 1.69. The Morgan fingerprint density at radius 3 is 2.68 bits per heavy atom. The van der Waals surface area contributed by atoms with Crippen LogP contribution in [-0.2, 0) is 6.54 Å². The molecular formula is C19H21N6O2S+. The number of azo groups is 1. The van der Waals surface area contributed by atoms with Crippen LogP contribution < -0.4 is 9.47 Å². The van der Waals surface area contributed by atoms with E-state index >= 15 is 0 Å². The van der Waals surface area contributed by atoms with Crippen molar-refractivity contribution in [3.63, 3.8) is 0 Å². The van der Waals surface area contributed by atoms with Crippen LogP contribution in [0.1, 0.15) is 12.5 Å². The summed E-state index contributed by atoms with van der Waals surface area (Å²) in [6, 6.07) is 12.1. The molecule has 8 nitrogen and oxygen atoms in total. The van der Waals surface area contributed by atoms with E-state index in [1.807, 2.05) is 37.3 Å². The van der Waals surface area contributed by atoms with Crippen LogP contribution in [-0.4, -0.2) is 23.0 Å². The number of hydrogen-bond acceptors (Lipinski definition) is 7. The summed E-state index contributed by atoms with van der Waals surface area (Å²) in [6.07, 6.45) is 5.32. The van der Waals surface area contributed by atoms with Gasteiger partial charge in [-0.05, 0) is 48.9 Å². The second-order valence-electron chi connectivity index (χ2n) is 6.10. The normalized spacial score (nSPS) is 11.1. The molecule has 3 aromatic rings. The molecule has 0 aliphatic heterocycles. The number of benzene rings is 1. The third-order valence-electron chi connectivity index (χ3n) is 4.24. The maximum Gasteiger partial charge on any atom is 0.345 e. The van der Waals surface area contributed by atoms with E-state index in [0.717, 1.165) is 47.9 Å². The number of aryl methyl sites for hydroxylation is 1. The molecule has 0 amide bonds. The minimum Gasteiger partial charge on any atom is -0.365 e. The molecule has 3 rings (SSSR count). The zero-order valence-electron chi connectivity index (χ0n) is 15.7. The fraction of sp³-hybridized carbons (Fsp3) is 0.263. The van der Waals surface area contributed by atoms with Crippen LogP contribution in [0.4, 0.5) is 21.5 Å². The van der Waals surface area contributed by atoms with E-state index in [1.165, 1.54) is 6.20 Å². The summed E-state index contributed by atoms with van der Waals surface area (Å²) in [5.41, 5.74) is 2.83. The van der Waals surface area contributed by atoms with E-state index in [-0.39, 0.29) is 10.1 Å². The highest BCUT2D eigenvalue weighted by Gasteiger charge is 2.12. The standard InChI is InChI=1S/C19H21N6O2S/c1-3-24(12-11-23-9-5-4-6-10-23)16-7-8-17(15(2)13-16)21-22-19-20-14-18(28-19)25(26)27/h4-10,13-14H,3,11-12H2,1-2H3/q+1/b22-21+. The zero-order chi connectivity index (χ0) is 19.9. The summed E-state index contributed by atoms with van der Waals surface area (Å²) in [4.78, 5) is 16.4. The molecule has 0 unspecified atom stereocenters. The number of hydrogen-bond donors (Lipinski definition) is 0. The molecule has 0 aliphatic carbocycles. The van der Waals surface area contributed by atoms with Gasteiger partial charge < -0.3 is 4.90 Å². The molecule has 0 saturated carbocycles. The number of thiazole rings is 1. The Morgan fingerprint density at radius 2 is 2.04 bits per heavy atom. The lowest BCUT2D eigenvalue weighted by atomic mass is 10.1. The van der Waals surface area contributed by atoms with Gasteiger partial charge in [-0.3, -0.25) is 10.1 Å². The van der Waals surface area contributed by atoms with Crippen LogP contribution in [0.5, 0.6) is 0 Å². The first kappa shape index (κ1) is 19.6. The summed E-state index contributed by atoms with van der Waals surface area (Å²) < 4.78 is 2.16. The van der Waals surface area contributed by atoms with Gasteiger partial charge in [0.25, 0.3) is 0 Å². The minimum atomic E-state index is -0.482. The Labute approximate surface area is 167 Å². The van der Waals surface area contributed by atoms with Crippen molar-refractivity contribution in [2.75, 3.05) is 18.0 Å². The summed E-state index contributed by atoms with van der Waals surface area (Å²) in [5, 5.41) is 19.2. The number of rotatable bonds is 8. The van der Waals surface area contributed by atoms with Crippen LogP contribution in [0.25, 0.3) is 0 Å². The highest BCUT2D eigenvalue weighted by Crippen LogP contribution is 2.30.